The van der Waals surface area contributed by atoms with Gasteiger partial charge in [0.1, 0.15) is 0 Å². The fourth-order valence-corrected chi connectivity index (χ4v) is 1.53. The molecule has 0 saturated heterocycles. The summed E-state index contributed by atoms with van der Waals surface area (Å²) in [5, 5.41) is 16.7. The van der Waals surface area contributed by atoms with E-state index < -0.39 is 17.5 Å². The number of carboxylic acids is 1. The van der Waals surface area contributed by atoms with Gasteiger partial charge in [0.2, 0.25) is 5.91 Å². The molecule has 0 rings (SSSR count). The lowest BCUT2D eigenvalue weighted by atomic mass is 9.99. The topological polar surface area (TPSA) is 108 Å². The van der Waals surface area contributed by atoms with E-state index >= 15 is 0 Å². The Kier molecular flexibility index (Phi) is 8.42. The standard InChI is InChI=1S/C14H27N3O4/c1-10(2)9-16-11(18)6-8-15-13(21)17-14(3,4)7-5-12(19)20/h10H,5-9H2,1-4H3,(H,16,18)(H,19,20)(H2,15,17,21). The maximum atomic E-state index is 11.6. The van der Waals surface area contributed by atoms with Crippen LogP contribution in [0.3, 0.4) is 0 Å². The lowest BCUT2D eigenvalue weighted by molar-refractivity contribution is -0.137. The predicted octanol–water partition coefficient (Wildman–Crippen LogP) is 1.09. The number of rotatable bonds is 9. The molecule has 0 aliphatic heterocycles. The zero-order valence-electron chi connectivity index (χ0n) is 13.3. The number of carbonyl (C=O) groups is 3. The number of carbonyl (C=O) groups excluding carboxylic acids is 2. The van der Waals surface area contributed by atoms with Gasteiger partial charge in [0, 0.05) is 31.5 Å². The van der Waals surface area contributed by atoms with Gasteiger partial charge in [0.15, 0.2) is 0 Å². The molecular weight excluding hydrogens is 274 g/mol. The van der Waals surface area contributed by atoms with Crippen LogP contribution < -0.4 is 16.0 Å². The van der Waals surface area contributed by atoms with Gasteiger partial charge < -0.3 is 21.1 Å². The van der Waals surface area contributed by atoms with Crippen LogP contribution in [-0.4, -0.2) is 41.6 Å². The van der Waals surface area contributed by atoms with Crippen molar-refractivity contribution in [1.29, 1.82) is 0 Å². The highest BCUT2D eigenvalue weighted by Crippen LogP contribution is 2.10. The Morgan fingerprint density at radius 1 is 1.10 bits per heavy atom. The van der Waals surface area contributed by atoms with E-state index in [9.17, 15) is 14.4 Å². The quantitative estimate of drug-likeness (QED) is 0.511. The molecule has 0 radical (unpaired) electrons. The first-order chi connectivity index (χ1) is 9.62. The first kappa shape index (κ1) is 19.2. The van der Waals surface area contributed by atoms with Gasteiger partial charge in [-0.25, -0.2) is 4.79 Å². The van der Waals surface area contributed by atoms with Crippen molar-refractivity contribution in [2.45, 2.75) is 52.5 Å². The van der Waals surface area contributed by atoms with Gasteiger partial charge in [-0.15, -0.1) is 0 Å². The maximum absolute atomic E-state index is 11.6. The SMILES string of the molecule is CC(C)CNC(=O)CCNC(=O)NC(C)(C)CCC(=O)O. The lowest BCUT2D eigenvalue weighted by Crippen LogP contribution is -2.49. The van der Waals surface area contributed by atoms with E-state index in [2.05, 4.69) is 16.0 Å². The van der Waals surface area contributed by atoms with Crippen molar-refractivity contribution in [3.05, 3.63) is 0 Å². The second-order valence-electron chi connectivity index (χ2n) is 6.11. The van der Waals surface area contributed by atoms with Crippen LogP contribution in [0.15, 0.2) is 0 Å². The van der Waals surface area contributed by atoms with E-state index in [0.717, 1.165) is 0 Å². The zero-order chi connectivity index (χ0) is 16.5. The number of nitrogens with one attached hydrogen (secondary N) is 3. The molecular formula is C14H27N3O4. The number of hydrogen-bond acceptors (Lipinski definition) is 3. The molecule has 0 aliphatic carbocycles. The summed E-state index contributed by atoms with van der Waals surface area (Å²) >= 11 is 0. The number of urea groups is 1. The monoisotopic (exact) mass is 301 g/mol. The zero-order valence-corrected chi connectivity index (χ0v) is 13.3. The maximum Gasteiger partial charge on any atom is 0.315 e. The highest BCUT2D eigenvalue weighted by atomic mass is 16.4. The molecule has 0 fully saturated rings. The van der Waals surface area contributed by atoms with Crippen molar-refractivity contribution in [2.75, 3.05) is 13.1 Å². The fourth-order valence-electron chi connectivity index (χ4n) is 1.53. The van der Waals surface area contributed by atoms with Gasteiger partial charge in [0.25, 0.3) is 0 Å². The molecule has 4 N–H and O–H groups in total. The first-order valence-corrected chi connectivity index (χ1v) is 7.17. The number of aliphatic carboxylic acids is 1. The molecule has 0 atom stereocenters. The molecule has 0 spiro atoms. The van der Waals surface area contributed by atoms with Gasteiger partial charge in [-0.1, -0.05) is 13.8 Å². The van der Waals surface area contributed by atoms with Crippen LogP contribution in [0.1, 0.15) is 47.0 Å². The van der Waals surface area contributed by atoms with E-state index in [-0.39, 0.29) is 25.3 Å². The fraction of sp³-hybridized carbons (Fsp3) is 0.786. The molecule has 0 heterocycles. The van der Waals surface area contributed by atoms with E-state index in [4.69, 9.17) is 5.11 Å². The molecule has 7 nitrogen and oxygen atoms in total. The van der Waals surface area contributed by atoms with Crippen LogP contribution in [0.2, 0.25) is 0 Å². The Bertz CT molecular complexity index is 367. The van der Waals surface area contributed by atoms with Gasteiger partial charge >= 0.3 is 12.0 Å². The van der Waals surface area contributed by atoms with E-state index in [0.29, 0.717) is 18.9 Å². The highest BCUT2D eigenvalue weighted by molar-refractivity contribution is 5.78. The minimum atomic E-state index is -0.896. The lowest BCUT2D eigenvalue weighted by Gasteiger charge is -2.25. The van der Waals surface area contributed by atoms with Crippen molar-refractivity contribution >= 4 is 17.9 Å². The summed E-state index contributed by atoms with van der Waals surface area (Å²) in [6.45, 7) is 8.38. The molecule has 0 aromatic rings. The second-order valence-corrected chi connectivity index (χ2v) is 6.11. The Morgan fingerprint density at radius 3 is 2.24 bits per heavy atom. The van der Waals surface area contributed by atoms with Crippen LogP contribution in [0.25, 0.3) is 0 Å². The summed E-state index contributed by atoms with van der Waals surface area (Å²) in [7, 11) is 0. The van der Waals surface area contributed by atoms with Gasteiger partial charge in [-0.2, -0.15) is 0 Å². The van der Waals surface area contributed by atoms with Crippen molar-refractivity contribution in [2.24, 2.45) is 5.92 Å². The summed E-state index contributed by atoms with van der Waals surface area (Å²) in [6, 6.07) is -0.401. The van der Waals surface area contributed by atoms with Gasteiger partial charge in [-0.05, 0) is 26.2 Å². The van der Waals surface area contributed by atoms with E-state index in [1.165, 1.54) is 0 Å². The smallest absolute Gasteiger partial charge is 0.315 e. The van der Waals surface area contributed by atoms with E-state index in [1.54, 1.807) is 13.8 Å². The predicted molar refractivity (Wildman–Crippen MR) is 79.9 cm³/mol. The molecule has 21 heavy (non-hydrogen) atoms. The summed E-state index contributed by atoms with van der Waals surface area (Å²) in [4.78, 5) is 33.6. The number of amides is 3. The van der Waals surface area contributed by atoms with Crippen LogP contribution in [0.4, 0.5) is 4.79 Å². The summed E-state index contributed by atoms with van der Waals surface area (Å²) in [5.74, 6) is -0.610. The minimum Gasteiger partial charge on any atom is -0.481 e. The Hall–Kier alpha value is -1.79. The Morgan fingerprint density at radius 2 is 1.71 bits per heavy atom. The van der Waals surface area contributed by atoms with Gasteiger partial charge in [0.05, 0.1) is 0 Å². The van der Waals surface area contributed by atoms with Crippen LogP contribution in [0.5, 0.6) is 0 Å². The van der Waals surface area contributed by atoms with E-state index in [1.807, 2.05) is 13.8 Å². The van der Waals surface area contributed by atoms with Crippen LogP contribution in [-0.2, 0) is 9.59 Å². The molecule has 0 unspecified atom stereocenters. The second kappa shape index (κ2) is 9.20. The molecule has 0 aromatic carbocycles. The summed E-state index contributed by atoms with van der Waals surface area (Å²) in [5.41, 5.74) is -0.609. The molecule has 0 saturated carbocycles. The Balaban J connectivity index is 3.88. The van der Waals surface area contributed by atoms with Crippen molar-refractivity contribution in [3.63, 3.8) is 0 Å². The molecule has 7 heteroatoms. The normalized spacial score (nSPS) is 11.1. The molecule has 0 aromatic heterocycles. The highest BCUT2D eigenvalue weighted by Gasteiger charge is 2.21. The van der Waals surface area contributed by atoms with Crippen molar-refractivity contribution in [1.82, 2.24) is 16.0 Å². The summed E-state index contributed by atoms with van der Waals surface area (Å²) in [6.07, 6.45) is 0.547. The third-order valence-corrected chi connectivity index (χ3v) is 2.76. The third kappa shape index (κ3) is 11.7. The largest absolute Gasteiger partial charge is 0.481 e. The molecule has 122 valence electrons. The average Bonchev–Trinajstić information content (AvgIpc) is 2.33. The molecule has 3 amide bonds. The number of hydrogen-bond donors (Lipinski definition) is 4. The van der Waals surface area contributed by atoms with Crippen molar-refractivity contribution < 1.29 is 19.5 Å². The van der Waals surface area contributed by atoms with Crippen LogP contribution >= 0.6 is 0 Å². The number of carboxylic acid groups (broad SMARTS) is 1. The van der Waals surface area contributed by atoms with Gasteiger partial charge in [-0.3, -0.25) is 9.59 Å². The first-order valence-electron chi connectivity index (χ1n) is 7.17. The summed E-state index contributed by atoms with van der Waals surface area (Å²) < 4.78 is 0. The molecule has 0 aliphatic rings. The molecule has 0 bridgehead atoms. The minimum absolute atomic E-state index is 0.00904. The Labute approximate surface area is 125 Å². The van der Waals surface area contributed by atoms with Crippen molar-refractivity contribution in [3.8, 4) is 0 Å². The van der Waals surface area contributed by atoms with Crippen LogP contribution in [0, 0.1) is 5.92 Å². The third-order valence-electron chi connectivity index (χ3n) is 2.76. The average molecular weight is 301 g/mol.